The molecule has 256 valence electrons. The summed E-state index contributed by atoms with van der Waals surface area (Å²) in [6.45, 7) is 4.96. The van der Waals surface area contributed by atoms with Gasteiger partial charge < -0.3 is 24.7 Å². The number of ether oxygens (including phenoxy) is 2. The number of rotatable bonds is 13. The largest absolute Gasteiger partial charge is 0.497 e. The molecular formula is C34H36N6O8S. The van der Waals surface area contributed by atoms with E-state index >= 15 is 0 Å². The number of para-hydroxylation sites is 1. The van der Waals surface area contributed by atoms with Crippen molar-refractivity contribution in [3.63, 3.8) is 0 Å². The van der Waals surface area contributed by atoms with E-state index in [1.54, 1.807) is 86.4 Å². The topological polar surface area (TPSA) is 187 Å². The van der Waals surface area contributed by atoms with E-state index in [1.807, 2.05) is 12.1 Å². The second-order valence-corrected chi connectivity index (χ2v) is 13.2. The van der Waals surface area contributed by atoms with Crippen molar-refractivity contribution in [1.82, 2.24) is 19.3 Å². The van der Waals surface area contributed by atoms with Crippen molar-refractivity contribution in [2.24, 2.45) is 11.7 Å². The molecule has 0 radical (unpaired) electrons. The summed E-state index contributed by atoms with van der Waals surface area (Å²) in [5, 5.41) is 3.47. The van der Waals surface area contributed by atoms with Gasteiger partial charge >= 0.3 is 16.1 Å². The molecule has 0 saturated carbocycles. The fourth-order valence-electron chi connectivity index (χ4n) is 5.24. The molecule has 0 fully saturated rings. The van der Waals surface area contributed by atoms with Gasteiger partial charge in [-0.3, -0.25) is 19.3 Å². The zero-order valence-electron chi connectivity index (χ0n) is 27.3. The zero-order chi connectivity index (χ0) is 35.3. The van der Waals surface area contributed by atoms with Gasteiger partial charge in [-0.1, -0.05) is 25.1 Å². The molecule has 1 amide bonds. The number of hydrogen-bond donors (Lipinski definition) is 2. The Hall–Kier alpha value is -5.54. The zero-order valence-corrected chi connectivity index (χ0v) is 28.1. The average molecular weight is 689 g/mol. The molecule has 15 heteroatoms. The molecule has 0 aliphatic heterocycles. The van der Waals surface area contributed by atoms with E-state index in [2.05, 4.69) is 19.5 Å². The lowest BCUT2D eigenvalue weighted by Gasteiger charge is -2.20. The first-order chi connectivity index (χ1) is 23.4. The van der Waals surface area contributed by atoms with Gasteiger partial charge in [0.25, 0.3) is 11.5 Å². The number of anilines is 1. The highest BCUT2D eigenvalue weighted by molar-refractivity contribution is 7.87. The minimum Gasteiger partial charge on any atom is -0.497 e. The van der Waals surface area contributed by atoms with Gasteiger partial charge in [0.1, 0.15) is 34.7 Å². The van der Waals surface area contributed by atoms with Gasteiger partial charge in [0, 0.05) is 24.2 Å². The Morgan fingerprint density at radius 2 is 1.76 bits per heavy atom. The first-order valence-corrected chi connectivity index (χ1v) is 17.0. The summed E-state index contributed by atoms with van der Waals surface area (Å²) in [6, 6.07) is 17.9. The molecule has 2 atom stereocenters. The van der Waals surface area contributed by atoms with Crippen LogP contribution < -0.4 is 26.1 Å². The Labute approximate surface area is 282 Å². The van der Waals surface area contributed by atoms with E-state index in [-0.39, 0.29) is 36.0 Å². The lowest BCUT2D eigenvalue weighted by molar-refractivity contribution is -0.135. The summed E-state index contributed by atoms with van der Waals surface area (Å²) in [6.07, 6.45) is 3.13. The van der Waals surface area contributed by atoms with Crippen LogP contribution in [-0.4, -0.2) is 58.5 Å². The fourth-order valence-corrected chi connectivity index (χ4v) is 5.73. The van der Waals surface area contributed by atoms with Gasteiger partial charge in [0.2, 0.25) is 0 Å². The number of pyridine rings is 2. The molecule has 0 aliphatic carbocycles. The smallest absolute Gasteiger partial charge is 0.338 e. The predicted octanol–water partition coefficient (Wildman–Crippen LogP) is 4.19. The van der Waals surface area contributed by atoms with Crippen LogP contribution in [0.25, 0.3) is 16.6 Å². The number of fused-ring (bicyclic) bond motifs is 1. The molecule has 5 rings (SSSR count). The van der Waals surface area contributed by atoms with E-state index in [4.69, 9.17) is 15.2 Å². The van der Waals surface area contributed by atoms with Crippen LogP contribution in [0.3, 0.4) is 0 Å². The van der Waals surface area contributed by atoms with E-state index in [1.165, 1.54) is 17.8 Å². The van der Waals surface area contributed by atoms with Crippen LogP contribution in [0, 0.1) is 12.8 Å². The molecule has 0 bridgehead atoms. The molecule has 49 heavy (non-hydrogen) atoms. The number of nitrogens with zero attached hydrogens (tertiary/aromatic N) is 4. The van der Waals surface area contributed by atoms with E-state index in [0.29, 0.717) is 34.1 Å². The number of hydrogen-bond acceptors (Lipinski definition) is 11. The van der Waals surface area contributed by atoms with E-state index in [9.17, 15) is 22.8 Å². The number of aromatic nitrogens is 4. The minimum absolute atomic E-state index is 0.0576. The fraction of sp³-hybridized carbons (Fsp3) is 0.265. The number of benzene rings is 2. The normalized spacial score (nSPS) is 12.7. The van der Waals surface area contributed by atoms with Crippen molar-refractivity contribution in [2.45, 2.75) is 39.8 Å². The number of carbonyl (C=O) groups is 2. The monoisotopic (exact) mass is 688 g/mol. The molecule has 2 aromatic carbocycles. The third-order valence-corrected chi connectivity index (χ3v) is 8.87. The summed E-state index contributed by atoms with van der Waals surface area (Å²) in [5.74, 6) is -0.596. The maximum absolute atomic E-state index is 13.8. The second-order valence-electron chi connectivity index (χ2n) is 11.3. The predicted molar refractivity (Wildman–Crippen MR) is 183 cm³/mol. The van der Waals surface area contributed by atoms with Crippen molar-refractivity contribution in [1.29, 1.82) is 0 Å². The van der Waals surface area contributed by atoms with Crippen LogP contribution in [0.4, 0.5) is 5.82 Å². The van der Waals surface area contributed by atoms with E-state index < -0.39 is 33.6 Å². The second kappa shape index (κ2) is 14.7. The summed E-state index contributed by atoms with van der Waals surface area (Å²) in [5.41, 5.74) is 6.88. The van der Waals surface area contributed by atoms with Gasteiger partial charge in [0.05, 0.1) is 36.0 Å². The number of methoxy groups -OCH3 is 1. The molecule has 5 aromatic rings. The SMILES string of the molecule is CCS(=O)(=O)OC(=O)C(N)C[C@H](C)Cn1c(C)c(C(=O)Nc2ccc(Oc3ccnc4cc(OC)ccc34)cn2)c(=O)n1-c1ccccc1. The summed E-state index contributed by atoms with van der Waals surface area (Å²) in [7, 11) is -2.44. The van der Waals surface area contributed by atoms with Crippen molar-refractivity contribution in [3.8, 4) is 22.9 Å². The Bertz CT molecular complexity index is 2150. The highest BCUT2D eigenvalue weighted by Gasteiger charge is 2.27. The molecule has 0 spiro atoms. The maximum Gasteiger partial charge on any atom is 0.338 e. The summed E-state index contributed by atoms with van der Waals surface area (Å²) in [4.78, 5) is 48.4. The van der Waals surface area contributed by atoms with Crippen LogP contribution in [0.5, 0.6) is 17.2 Å². The Morgan fingerprint density at radius 1 is 1.02 bits per heavy atom. The Morgan fingerprint density at radius 3 is 2.43 bits per heavy atom. The first-order valence-electron chi connectivity index (χ1n) is 15.4. The summed E-state index contributed by atoms with van der Waals surface area (Å²) >= 11 is 0. The third kappa shape index (κ3) is 7.96. The van der Waals surface area contributed by atoms with Gasteiger partial charge in [-0.2, -0.15) is 8.42 Å². The number of nitrogens with one attached hydrogen (secondary N) is 1. The molecule has 0 aliphatic rings. The van der Waals surface area contributed by atoms with Crippen LogP contribution >= 0.6 is 0 Å². The third-order valence-electron chi connectivity index (χ3n) is 7.75. The van der Waals surface area contributed by atoms with Crippen molar-refractivity contribution < 1.29 is 31.7 Å². The minimum atomic E-state index is -4.02. The number of amides is 1. The van der Waals surface area contributed by atoms with Crippen molar-refractivity contribution in [3.05, 3.63) is 101 Å². The molecule has 14 nitrogen and oxygen atoms in total. The van der Waals surface area contributed by atoms with Crippen molar-refractivity contribution >= 4 is 38.7 Å². The van der Waals surface area contributed by atoms with E-state index in [0.717, 1.165) is 5.39 Å². The van der Waals surface area contributed by atoms with Crippen molar-refractivity contribution in [2.75, 3.05) is 18.2 Å². The highest BCUT2D eigenvalue weighted by atomic mass is 32.2. The number of nitrogens with two attached hydrogens (primary N) is 1. The number of carbonyl (C=O) groups excluding carboxylic acids is 2. The lowest BCUT2D eigenvalue weighted by atomic mass is 10.0. The van der Waals surface area contributed by atoms with Gasteiger partial charge in [-0.25, -0.2) is 14.5 Å². The van der Waals surface area contributed by atoms with Gasteiger partial charge in [-0.05, 0) is 68.7 Å². The Kier molecular flexibility index (Phi) is 10.4. The summed E-state index contributed by atoms with van der Waals surface area (Å²) < 4.78 is 42.4. The van der Waals surface area contributed by atoms with Crippen LogP contribution in [-0.2, 0) is 25.6 Å². The molecular weight excluding hydrogens is 652 g/mol. The Balaban J connectivity index is 1.35. The highest BCUT2D eigenvalue weighted by Crippen LogP contribution is 2.31. The molecule has 3 heterocycles. The average Bonchev–Trinajstić information content (AvgIpc) is 3.33. The van der Waals surface area contributed by atoms with Crippen LogP contribution in [0.2, 0.25) is 0 Å². The molecule has 3 N–H and O–H groups in total. The lowest BCUT2D eigenvalue weighted by Crippen LogP contribution is -2.36. The van der Waals surface area contributed by atoms with Crippen LogP contribution in [0.15, 0.2) is 83.9 Å². The molecule has 1 unspecified atom stereocenters. The first kappa shape index (κ1) is 34.8. The molecule has 3 aromatic heterocycles. The van der Waals surface area contributed by atoms with Gasteiger partial charge in [-0.15, -0.1) is 0 Å². The standard InChI is InChI=1S/C34H36N6O8S/c1-5-49(44,45)48-34(43)27(35)17-21(2)20-39-22(3)31(33(42)40(39)23-9-7-6-8-10-23)32(41)38-30-14-12-25(19-37-30)47-29-15-16-36-28-18-24(46-4)11-13-26(28)29/h6-16,18-19,21,27H,5,17,20,35H2,1-4H3,(H,37,38,41)/t21-,27?/m0/s1. The maximum atomic E-state index is 13.8. The molecule has 0 saturated heterocycles. The van der Waals surface area contributed by atoms with Crippen LogP contribution in [0.1, 0.15) is 36.3 Å². The quantitative estimate of drug-likeness (QED) is 0.169. The van der Waals surface area contributed by atoms with Gasteiger partial charge in [0.15, 0.2) is 0 Å².